The zero-order chi connectivity index (χ0) is 22.5. The number of aryl methyl sites for hydroxylation is 2. The Morgan fingerprint density at radius 1 is 1.09 bits per heavy atom. The first-order valence-corrected chi connectivity index (χ1v) is 12.5. The summed E-state index contributed by atoms with van der Waals surface area (Å²) in [5, 5.41) is 3.16. The summed E-state index contributed by atoms with van der Waals surface area (Å²) in [6, 6.07) is 14.9. The number of piperidine rings is 1. The van der Waals surface area contributed by atoms with E-state index in [0.29, 0.717) is 6.42 Å². The van der Waals surface area contributed by atoms with E-state index in [4.69, 9.17) is 4.74 Å². The number of ether oxygens (including phenoxy) is 1. The highest BCUT2D eigenvalue weighted by Gasteiger charge is 2.22. The van der Waals surface area contributed by atoms with Crippen LogP contribution >= 0.6 is 0 Å². The third kappa shape index (κ3) is 5.46. The van der Waals surface area contributed by atoms with Crippen molar-refractivity contribution in [3.8, 4) is 5.75 Å². The highest BCUT2D eigenvalue weighted by molar-refractivity contribution is 5.81. The number of hydrogen-bond acceptors (Lipinski definition) is 3. The molecule has 2 aliphatic rings. The van der Waals surface area contributed by atoms with Gasteiger partial charge in [-0.2, -0.15) is 0 Å². The lowest BCUT2D eigenvalue weighted by molar-refractivity contribution is -0.128. The summed E-state index contributed by atoms with van der Waals surface area (Å²) in [7, 11) is 0. The number of benzene rings is 2. The van der Waals surface area contributed by atoms with Crippen LogP contribution in [-0.4, -0.2) is 25.1 Å². The Kier molecular flexibility index (Phi) is 7.39. The van der Waals surface area contributed by atoms with E-state index in [2.05, 4.69) is 53.5 Å². The quantitative estimate of drug-likeness (QED) is 0.595. The minimum atomic E-state index is -0.479. The first-order valence-electron chi connectivity index (χ1n) is 12.5. The zero-order valence-corrected chi connectivity index (χ0v) is 19.9. The molecule has 2 aromatic carbocycles. The van der Waals surface area contributed by atoms with E-state index in [1.165, 1.54) is 42.5 Å². The van der Waals surface area contributed by atoms with E-state index in [9.17, 15) is 4.79 Å². The smallest absolute Gasteiger partial charge is 0.261 e. The van der Waals surface area contributed by atoms with Crippen LogP contribution in [0.2, 0.25) is 0 Å². The third-order valence-electron chi connectivity index (χ3n) is 7.04. The Hall–Kier alpha value is -2.49. The Labute approximate surface area is 193 Å². The van der Waals surface area contributed by atoms with Crippen LogP contribution in [0, 0.1) is 5.92 Å². The fraction of sp³-hybridized carbons (Fsp3) is 0.536. The van der Waals surface area contributed by atoms with Crippen molar-refractivity contribution >= 4 is 11.6 Å². The fourth-order valence-corrected chi connectivity index (χ4v) is 5.06. The molecule has 0 spiro atoms. The van der Waals surface area contributed by atoms with Gasteiger partial charge in [0.2, 0.25) is 0 Å². The lowest BCUT2D eigenvalue weighted by atomic mass is 9.92. The topological polar surface area (TPSA) is 41.6 Å². The number of nitrogens with zero attached hydrogens (tertiary/aromatic N) is 1. The number of anilines is 1. The molecular weight excluding hydrogens is 396 g/mol. The number of hydrogen-bond donors (Lipinski definition) is 1. The number of carbonyl (C=O) groups excluding carboxylic acids is 1. The Morgan fingerprint density at radius 2 is 1.84 bits per heavy atom. The molecular formula is C28H38N2O2. The minimum absolute atomic E-state index is 0.0494. The minimum Gasteiger partial charge on any atom is -0.481 e. The molecule has 1 fully saturated rings. The van der Waals surface area contributed by atoms with Gasteiger partial charge in [-0.3, -0.25) is 4.79 Å². The molecule has 1 heterocycles. The molecule has 0 bridgehead atoms. The van der Waals surface area contributed by atoms with E-state index in [0.717, 1.165) is 43.2 Å². The number of carbonyl (C=O) groups is 1. The lowest BCUT2D eigenvalue weighted by Gasteiger charge is -2.33. The van der Waals surface area contributed by atoms with Crippen LogP contribution in [0.1, 0.15) is 75.6 Å². The van der Waals surface area contributed by atoms with Crippen molar-refractivity contribution in [2.75, 3.05) is 18.0 Å². The van der Waals surface area contributed by atoms with E-state index in [1.807, 2.05) is 19.9 Å². The molecule has 1 N–H and O–H groups in total. The summed E-state index contributed by atoms with van der Waals surface area (Å²) < 4.78 is 6.12. The summed E-state index contributed by atoms with van der Waals surface area (Å²) in [4.78, 5) is 15.4. The van der Waals surface area contributed by atoms with Crippen LogP contribution in [0.25, 0.3) is 0 Å². The second kappa shape index (κ2) is 10.4. The zero-order valence-electron chi connectivity index (χ0n) is 19.9. The van der Waals surface area contributed by atoms with Gasteiger partial charge in [0.05, 0.1) is 6.04 Å². The van der Waals surface area contributed by atoms with Gasteiger partial charge in [0, 0.05) is 18.8 Å². The predicted octanol–water partition coefficient (Wildman–Crippen LogP) is 5.84. The Balaban J connectivity index is 1.35. The molecule has 1 aliphatic heterocycles. The van der Waals surface area contributed by atoms with Gasteiger partial charge < -0.3 is 15.0 Å². The van der Waals surface area contributed by atoms with Crippen molar-refractivity contribution in [3.63, 3.8) is 0 Å². The van der Waals surface area contributed by atoms with E-state index in [1.54, 1.807) is 0 Å². The molecule has 4 heteroatoms. The normalized spacial score (nSPS) is 20.2. The Bertz CT molecular complexity index is 908. The number of nitrogens with one attached hydrogen (secondary N) is 1. The average molecular weight is 435 g/mol. The molecule has 4 nitrogen and oxygen atoms in total. The molecule has 32 heavy (non-hydrogen) atoms. The van der Waals surface area contributed by atoms with Gasteiger partial charge >= 0.3 is 0 Å². The predicted molar refractivity (Wildman–Crippen MR) is 131 cm³/mol. The van der Waals surface area contributed by atoms with Gasteiger partial charge in [0.15, 0.2) is 6.10 Å². The number of amides is 1. The summed E-state index contributed by atoms with van der Waals surface area (Å²) in [5.74, 6) is 1.51. The lowest BCUT2D eigenvalue weighted by Crippen LogP contribution is -2.39. The highest BCUT2D eigenvalue weighted by atomic mass is 16.5. The first-order chi connectivity index (χ1) is 15.5. The van der Waals surface area contributed by atoms with Crippen LogP contribution in [0.15, 0.2) is 42.5 Å². The van der Waals surface area contributed by atoms with Crippen molar-refractivity contribution in [3.05, 3.63) is 59.2 Å². The van der Waals surface area contributed by atoms with Crippen molar-refractivity contribution in [1.82, 2.24) is 5.32 Å². The monoisotopic (exact) mass is 434 g/mol. The van der Waals surface area contributed by atoms with E-state index >= 15 is 0 Å². The Morgan fingerprint density at radius 3 is 2.56 bits per heavy atom. The van der Waals surface area contributed by atoms with Crippen LogP contribution in [-0.2, 0) is 17.6 Å². The molecule has 4 rings (SSSR count). The molecule has 3 atom stereocenters. The maximum absolute atomic E-state index is 13.0. The molecule has 1 aliphatic carbocycles. The van der Waals surface area contributed by atoms with E-state index in [-0.39, 0.29) is 11.9 Å². The van der Waals surface area contributed by atoms with Gasteiger partial charge in [-0.15, -0.1) is 0 Å². The van der Waals surface area contributed by atoms with Crippen molar-refractivity contribution in [2.24, 2.45) is 5.92 Å². The van der Waals surface area contributed by atoms with Gasteiger partial charge in [-0.25, -0.2) is 0 Å². The van der Waals surface area contributed by atoms with Crippen molar-refractivity contribution in [1.29, 1.82) is 0 Å². The maximum atomic E-state index is 13.0. The van der Waals surface area contributed by atoms with Crippen LogP contribution in [0.5, 0.6) is 5.75 Å². The maximum Gasteiger partial charge on any atom is 0.261 e. The van der Waals surface area contributed by atoms with Crippen molar-refractivity contribution < 1.29 is 9.53 Å². The van der Waals surface area contributed by atoms with Gasteiger partial charge in [0.25, 0.3) is 5.91 Å². The molecule has 172 valence electrons. The second-order valence-corrected chi connectivity index (χ2v) is 9.67. The van der Waals surface area contributed by atoms with Crippen LogP contribution < -0.4 is 15.0 Å². The van der Waals surface area contributed by atoms with Gasteiger partial charge in [0.1, 0.15) is 5.75 Å². The number of rotatable bonds is 7. The van der Waals surface area contributed by atoms with Gasteiger partial charge in [-0.05, 0) is 98.7 Å². The summed E-state index contributed by atoms with van der Waals surface area (Å²) in [6.07, 6.45) is 7.51. The van der Waals surface area contributed by atoms with Crippen LogP contribution in [0.4, 0.5) is 5.69 Å². The average Bonchev–Trinajstić information content (AvgIpc) is 2.82. The first kappa shape index (κ1) is 22.7. The second-order valence-electron chi connectivity index (χ2n) is 9.67. The van der Waals surface area contributed by atoms with Gasteiger partial charge in [-0.1, -0.05) is 32.0 Å². The molecule has 1 amide bonds. The molecule has 2 aromatic rings. The molecule has 0 aromatic heterocycles. The third-order valence-corrected chi connectivity index (χ3v) is 7.04. The molecule has 0 radical (unpaired) electrons. The standard InChI is InChI=1S/C28H38N2O2/c1-4-27(32-26-16-13-23-9-5-6-10-24(23)18-26)28(31)29-21(3)22-11-14-25(15-12-22)30-17-7-8-20(2)19-30/h11-16,18,20-21,27H,4-10,17,19H2,1-3H3,(H,29,31)/t20-,21+,27-/m0/s1. The largest absolute Gasteiger partial charge is 0.481 e. The number of fused-ring (bicyclic) bond motifs is 1. The summed E-state index contributed by atoms with van der Waals surface area (Å²) >= 11 is 0. The highest BCUT2D eigenvalue weighted by Crippen LogP contribution is 2.27. The molecule has 0 unspecified atom stereocenters. The fourth-order valence-electron chi connectivity index (χ4n) is 5.06. The summed E-state index contributed by atoms with van der Waals surface area (Å²) in [6.45, 7) is 8.63. The SMILES string of the molecule is CC[C@H](Oc1ccc2c(c1)CCCC2)C(=O)N[C@H](C)c1ccc(N2CCC[C@H](C)C2)cc1. The van der Waals surface area contributed by atoms with Crippen molar-refractivity contribution in [2.45, 2.75) is 77.9 Å². The molecule has 0 saturated carbocycles. The molecule has 1 saturated heterocycles. The van der Waals surface area contributed by atoms with E-state index < -0.39 is 6.10 Å². The summed E-state index contributed by atoms with van der Waals surface area (Å²) in [5.41, 5.74) is 5.20. The van der Waals surface area contributed by atoms with Crippen LogP contribution in [0.3, 0.4) is 0 Å².